The monoisotopic (exact) mass is 399 g/mol. The maximum absolute atomic E-state index is 13.8. The molecule has 0 fully saturated rings. The molecule has 0 atom stereocenters. The van der Waals surface area contributed by atoms with Gasteiger partial charge in [-0.25, -0.2) is 4.39 Å². The summed E-state index contributed by atoms with van der Waals surface area (Å²) in [6.07, 6.45) is 0.936. The predicted octanol–water partition coefficient (Wildman–Crippen LogP) is 5.40. The van der Waals surface area contributed by atoms with Gasteiger partial charge in [-0.15, -0.1) is 0 Å². The van der Waals surface area contributed by atoms with Crippen LogP contribution < -0.4 is 14.8 Å². The second kappa shape index (κ2) is 10.1. The number of methoxy groups -OCH3 is 1. The molecule has 0 aromatic heterocycles. The Bertz CT molecular complexity index is 879. The molecule has 3 aromatic rings. The van der Waals surface area contributed by atoms with Gasteiger partial charge in [0.25, 0.3) is 0 Å². The summed E-state index contributed by atoms with van der Waals surface area (Å²) >= 11 is 6.04. The van der Waals surface area contributed by atoms with Gasteiger partial charge in [0, 0.05) is 12.1 Å². The summed E-state index contributed by atoms with van der Waals surface area (Å²) in [6, 6.07) is 20.5. The summed E-state index contributed by atoms with van der Waals surface area (Å²) in [5.74, 6) is 1.20. The van der Waals surface area contributed by atoms with Gasteiger partial charge in [0.15, 0.2) is 0 Å². The fraction of sp³-hybridized carbons (Fsp3) is 0.217. The zero-order valence-electron chi connectivity index (χ0n) is 15.8. The quantitative estimate of drug-likeness (QED) is 0.489. The van der Waals surface area contributed by atoms with Crippen LogP contribution in [0.4, 0.5) is 4.39 Å². The van der Waals surface area contributed by atoms with Crippen LogP contribution in [0.15, 0.2) is 66.7 Å². The standard InChI is InChI=1S/C23H23ClFNO2/c1-27-19-10-8-17(9-11-19)12-13-26-15-18-4-2-5-20(14-18)28-16-21-22(24)6-3-7-23(21)25/h2-11,14,26H,12-13,15-16H2,1H3. The van der Waals surface area contributed by atoms with Crippen LogP contribution in [-0.2, 0) is 19.6 Å². The van der Waals surface area contributed by atoms with Crippen molar-refractivity contribution in [3.8, 4) is 11.5 Å². The third-order valence-corrected chi connectivity index (χ3v) is 4.78. The summed E-state index contributed by atoms with van der Waals surface area (Å²) in [5.41, 5.74) is 2.73. The SMILES string of the molecule is COc1ccc(CCNCc2cccc(OCc3c(F)cccc3Cl)c2)cc1. The molecule has 0 spiro atoms. The fourth-order valence-electron chi connectivity index (χ4n) is 2.83. The molecule has 0 unspecified atom stereocenters. The Kier molecular flexibility index (Phi) is 7.29. The van der Waals surface area contributed by atoms with Crippen LogP contribution in [0.1, 0.15) is 16.7 Å². The molecule has 3 rings (SSSR count). The second-order valence-corrected chi connectivity index (χ2v) is 6.82. The van der Waals surface area contributed by atoms with Gasteiger partial charge >= 0.3 is 0 Å². The van der Waals surface area contributed by atoms with Crippen LogP contribution in [-0.4, -0.2) is 13.7 Å². The molecule has 0 radical (unpaired) electrons. The Balaban J connectivity index is 1.47. The van der Waals surface area contributed by atoms with Crippen molar-refractivity contribution in [1.82, 2.24) is 5.32 Å². The topological polar surface area (TPSA) is 30.5 Å². The van der Waals surface area contributed by atoms with Crippen molar-refractivity contribution in [2.24, 2.45) is 0 Å². The Morgan fingerprint density at radius 2 is 1.71 bits per heavy atom. The molecule has 0 aliphatic rings. The van der Waals surface area contributed by atoms with Gasteiger partial charge in [0.05, 0.1) is 12.1 Å². The molecule has 146 valence electrons. The van der Waals surface area contributed by atoms with Crippen molar-refractivity contribution >= 4 is 11.6 Å². The van der Waals surface area contributed by atoms with E-state index in [0.29, 0.717) is 16.3 Å². The number of hydrogen-bond donors (Lipinski definition) is 1. The Labute approximate surface area is 170 Å². The van der Waals surface area contributed by atoms with Crippen molar-refractivity contribution in [3.05, 3.63) is 94.3 Å². The van der Waals surface area contributed by atoms with Crippen molar-refractivity contribution in [3.63, 3.8) is 0 Å². The zero-order chi connectivity index (χ0) is 19.8. The van der Waals surface area contributed by atoms with Gasteiger partial charge in [0.2, 0.25) is 0 Å². The van der Waals surface area contributed by atoms with Crippen LogP contribution in [0.3, 0.4) is 0 Å². The lowest BCUT2D eigenvalue weighted by Crippen LogP contribution is -2.16. The zero-order valence-corrected chi connectivity index (χ0v) is 16.5. The summed E-state index contributed by atoms with van der Waals surface area (Å²) in [6.45, 7) is 1.69. The van der Waals surface area contributed by atoms with E-state index in [4.69, 9.17) is 21.1 Å². The van der Waals surface area contributed by atoms with E-state index >= 15 is 0 Å². The summed E-state index contributed by atoms with van der Waals surface area (Å²) in [5, 5.41) is 3.80. The summed E-state index contributed by atoms with van der Waals surface area (Å²) < 4.78 is 24.7. The molecular formula is C23H23ClFNO2. The highest BCUT2D eigenvalue weighted by Gasteiger charge is 2.08. The van der Waals surface area contributed by atoms with Gasteiger partial charge in [-0.2, -0.15) is 0 Å². The maximum atomic E-state index is 13.8. The smallest absolute Gasteiger partial charge is 0.131 e. The molecule has 0 saturated carbocycles. The van der Waals surface area contributed by atoms with Crippen molar-refractivity contribution in [2.45, 2.75) is 19.6 Å². The predicted molar refractivity (Wildman–Crippen MR) is 111 cm³/mol. The molecule has 0 amide bonds. The number of benzene rings is 3. The van der Waals surface area contributed by atoms with E-state index in [1.165, 1.54) is 11.6 Å². The number of ether oxygens (including phenoxy) is 2. The van der Waals surface area contributed by atoms with E-state index in [0.717, 1.165) is 30.8 Å². The minimum absolute atomic E-state index is 0.0971. The van der Waals surface area contributed by atoms with Crippen LogP contribution in [0, 0.1) is 5.82 Å². The molecule has 0 heterocycles. The van der Waals surface area contributed by atoms with E-state index in [1.807, 2.05) is 36.4 Å². The maximum Gasteiger partial charge on any atom is 0.131 e. The van der Waals surface area contributed by atoms with Crippen molar-refractivity contribution in [2.75, 3.05) is 13.7 Å². The molecule has 3 nitrogen and oxygen atoms in total. The normalized spacial score (nSPS) is 10.7. The highest BCUT2D eigenvalue weighted by Crippen LogP contribution is 2.22. The first-order chi connectivity index (χ1) is 13.7. The van der Waals surface area contributed by atoms with Crippen molar-refractivity contribution < 1.29 is 13.9 Å². The summed E-state index contributed by atoms with van der Waals surface area (Å²) in [7, 11) is 1.67. The van der Waals surface area contributed by atoms with E-state index in [9.17, 15) is 4.39 Å². The van der Waals surface area contributed by atoms with Gasteiger partial charge < -0.3 is 14.8 Å². The third kappa shape index (κ3) is 5.72. The number of hydrogen-bond acceptors (Lipinski definition) is 3. The molecule has 0 aliphatic heterocycles. The van der Waals surface area contributed by atoms with Crippen LogP contribution in [0.2, 0.25) is 5.02 Å². The van der Waals surface area contributed by atoms with Gasteiger partial charge in [-0.3, -0.25) is 0 Å². The van der Waals surface area contributed by atoms with E-state index in [2.05, 4.69) is 17.4 Å². The van der Waals surface area contributed by atoms with Crippen LogP contribution >= 0.6 is 11.6 Å². The Morgan fingerprint density at radius 1 is 0.929 bits per heavy atom. The Hall–Kier alpha value is -2.56. The molecule has 0 saturated heterocycles. The van der Waals surface area contributed by atoms with Crippen LogP contribution in [0.25, 0.3) is 0 Å². The molecule has 5 heteroatoms. The molecule has 28 heavy (non-hydrogen) atoms. The first-order valence-electron chi connectivity index (χ1n) is 9.14. The minimum atomic E-state index is -0.358. The minimum Gasteiger partial charge on any atom is -0.497 e. The average molecular weight is 400 g/mol. The van der Waals surface area contributed by atoms with E-state index < -0.39 is 0 Å². The number of halogens is 2. The number of rotatable bonds is 9. The average Bonchev–Trinajstić information content (AvgIpc) is 2.72. The molecule has 1 N–H and O–H groups in total. The number of nitrogens with one attached hydrogen (secondary N) is 1. The molecular weight excluding hydrogens is 377 g/mol. The molecule has 0 aliphatic carbocycles. The van der Waals surface area contributed by atoms with Crippen LogP contribution in [0.5, 0.6) is 11.5 Å². The van der Waals surface area contributed by atoms with E-state index in [-0.39, 0.29) is 12.4 Å². The first-order valence-corrected chi connectivity index (χ1v) is 9.52. The van der Waals surface area contributed by atoms with E-state index in [1.54, 1.807) is 19.2 Å². The van der Waals surface area contributed by atoms with Gasteiger partial charge in [-0.05, 0) is 60.5 Å². The lowest BCUT2D eigenvalue weighted by molar-refractivity contribution is 0.299. The second-order valence-electron chi connectivity index (χ2n) is 6.41. The first kappa shape index (κ1) is 20.2. The molecule has 0 bridgehead atoms. The van der Waals surface area contributed by atoms with Gasteiger partial charge in [-0.1, -0.05) is 41.9 Å². The fourth-order valence-corrected chi connectivity index (χ4v) is 3.05. The highest BCUT2D eigenvalue weighted by atomic mass is 35.5. The molecule has 3 aromatic carbocycles. The largest absolute Gasteiger partial charge is 0.497 e. The van der Waals surface area contributed by atoms with Crippen molar-refractivity contribution in [1.29, 1.82) is 0 Å². The summed E-state index contributed by atoms with van der Waals surface area (Å²) in [4.78, 5) is 0. The van der Waals surface area contributed by atoms with Gasteiger partial charge in [0.1, 0.15) is 23.9 Å². The Morgan fingerprint density at radius 3 is 2.46 bits per heavy atom. The highest BCUT2D eigenvalue weighted by molar-refractivity contribution is 6.31. The third-order valence-electron chi connectivity index (χ3n) is 4.42. The lowest BCUT2D eigenvalue weighted by Gasteiger charge is -2.11. The lowest BCUT2D eigenvalue weighted by atomic mass is 10.1.